The van der Waals surface area contributed by atoms with E-state index in [1.165, 1.54) is 83.5 Å². The number of unbranched alkanes of at least 4 members (excludes halogenated alkanes) is 6. The molecule has 164 valence electrons. The minimum Gasteiger partial charge on any atom is -0.329 e. The van der Waals surface area contributed by atoms with E-state index in [2.05, 4.69) is 35.6 Å². The predicted octanol–water partition coefficient (Wildman–Crippen LogP) is 6.32. The SMILES string of the molecule is CCCCCN(CCCCC)CCCCC.O=c1cccc[nH]1.c1ccncc1. The van der Waals surface area contributed by atoms with Crippen LogP contribution in [0.2, 0.25) is 0 Å². The maximum absolute atomic E-state index is 10.2. The molecule has 0 unspecified atom stereocenters. The van der Waals surface area contributed by atoms with Crippen molar-refractivity contribution in [2.45, 2.75) is 78.6 Å². The quantitative estimate of drug-likeness (QED) is 0.424. The third-order valence-corrected chi connectivity index (χ3v) is 4.48. The molecule has 2 aromatic heterocycles. The molecule has 0 aromatic carbocycles. The summed E-state index contributed by atoms with van der Waals surface area (Å²) in [5.74, 6) is 0. The zero-order valence-corrected chi connectivity index (χ0v) is 19.0. The monoisotopic (exact) mass is 401 g/mol. The van der Waals surface area contributed by atoms with Crippen LogP contribution < -0.4 is 5.56 Å². The lowest BCUT2D eigenvalue weighted by molar-refractivity contribution is 0.256. The fraction of sp³-hybridized carbons (Fsp3) is 0.600. The summed E-state index contributed by atoms with van der Waals surface area (Å²) in [7, 11) is 0. The summed E-state index contributed by atoms with van der Waals surface area (Å²) >= 11 is 0. The molecule has 0 radical (unpaired) electrons. The van der Waals surface area contributed by atoms with E-state index >= 15 is 0 Å². The number of aromatic amines is 1. The largest absolute Gasteiger partial charge is 0.329 e. The van der Waals surface area contributed by atoms with Gasteiger partial charge in [0.2, 0.25) is 5.56 Å². The number of hydrogen-bond acceptors (Lipinski definition) is 3. The van der Waals surface area contributed by atoms with Crippen molar-refractivity contribution < 1.29 is 0 Å². The molecule has 1 N–H and O–H groups in total. The summed E-state index contributed by atoms with van der Waals surface area (Å²) in [6, 6.07) is 10.6. The number of hydrogen-bond donors (Lipinski definition) is 1. The molecule has 2 heterocycles. The van der Waals surface area contributed by atoms with Crippen molar-refractivity contribution in [2.75, 3.05) is 19.6 Å². The highest BCUT2D eigenvalue weighted by Crippen LogP contribution is 2.05. The van der Waals surface area contributed by atoms with E-state index in [4.69, 9.17) is 0 Å². The third kappa shape index (κ3) is 20.6. The summed E-state index contributed by atoms with van der Waals surface area (Å²) in [6.07, 6.45) is 17.5. The van der Waals surface area contributed by atoms with Crippen LogP contribution in [0.3, 0.4) is 0 Å². The first kappa shape index (κ1) is 27.1. The van der Waals surface area contributed by atoms with Crippen molar-refractivity contribution in [3.05, 3.63) is 65.3 Å². The van der Waals surface area contributed by atoms with E-state index in [-0.39, 0.29) is 5.56 Å². The van der Waals surface area contributed by atoms with Gasteiger partial charge in [-0.3, -0.25) is 9.78 Å². The van der Waals surface area contributed by atoms with Crippen molar-refractivity contribution in [3.8, 4) is 0 Å². The minimum absolute atomic E-state index is 0.0532. The Labute approximate surface area is 178 Å². The number of pyridine rings is 2. The van der Waals surface area contributed by atoms with Crippen LogP contribution in [0.4, 0.5) is 0 Å². The van der Waals surface area contributed by atoms with Gasteiger partial charge < -0.3 is 9.88 Å². The molecule has 0 bridgehead atoms. The fourth-order valence-electron chi connectivity index (χ4n) is 2.78. The second-order valence-electron chi connectivity index (χ2n) is 7.21. The van der Waals surface area contributed by atoms with Crippen molar-refractivity contribution in [3.63, 3.8) is 0 Å². The van der Waals surface area contributed by atoms with Crippen LogP contribution in [0.5, 0.6) is 0 Å². The first-order valence-corrected chi connectivity index (χ1v) is 11.5. The highest BCUT2D eigenvalue weighted by Gasteiger charge is 2.03. The van der Waals surface area contributed by atoms with Gasteiger partial charge in [0.15, 0.2) is 0 Å². The van der Waals surface area contributed by atoms with Gasteiger partial charge in [-0.15, -0.1) is 0 Å². The van der Waals surface area contributed by atoms with Gasteiger partial charge in [-0.25, -0.2) is 0 Å². The van der Waals surface area contributed by atoms with E-state index in [9.17, 15) is 4.79 Å². The molecular formula is C25H43N3O. The van der Waals surface area contributed by atoms with Gasteiger partial charge in [0, 0.05) is 24.7 Å². The maximum atomic E-state index is 10.2. The summed E-state index contributed by atoms with van der Waals surface area (Å²) in [6.45, 7) is 10.9. The Kier molecular flexibility index (Phi) is 20.9. The molecule has 0 spiro atoms. The van der Waals surface area contributed by atoms with Gasteiger partial charge in [0.25, 0.3) is 0 Å². The van der Waals surface area contributed by atoms with Crippen molar-refractivity contribution >= 4 is 0 Å². The molecule has 4 heteroatoms. The van der Waals surface area contributed by atoms with Gasteiger partial charge >= 0.3 is 0 Å². The number of rotatable bonds is 12. The summed E-state index contributed by atoms with van der Waals surface area (Å²) in [5, 5.41) is 0. The van der Waals surface area contributed by atoms with Crippen LogP contribution in [0, 0.1) is 0 Å². The second kappa shape index (κ2) is 22.4. The Balaban J connectivity index is 0.000000485. The van der Waals surface area contributed by atoms with Gasteiger partial charge in [0.05, 0.1) is 0 Å². The Morgan fingerprint density at radius 1 is 0.724 bits per heavy atom. The fourth-order valence-corrected chi connectivity index (χ4v) is 2.78. The first-order chi connectivity index (χ1) is 14.2. The molecule has 0 saturated carbocycles. The summed E-state index contributed by atoms with van der Waals surface area (Å²) in [4.78, 5) is 19.2. The maximum Gasteiger partial charge on any atom is 0.247 e. The smallest absolute Gasteiger partial charge is 0.247 e. The third-order valence-electron chi connectivity index (χ3n) is 4.48. The lowest BCUT2D eigenvalue weighted by Gasteiger charge is -2.22. The van der Waals surface area contributed by atoms with Gasteiger partial charge in [-0.1, -0.05) is 71.4 Å². The topological polar surface area (TPSA) is 49.0 Å². The van der Waals surface area contributed by atoms with Crippen LogP contribution in [-0.4, -0.2) is 34.5 Å². The number of nitrogens with one attached hydrogen (secondary N) is 1. The van der Waals surface area contributed by atoms with E-state index in [1.807, 2.05) is 18.2 Å². The minimum atomic E-state index is -0.0532. The first-order valence-electron chi connectivity index (χ1n) is 11.5. The van der Waals surface area contributed by atoms with Gasteiger partial charge in [0.1, 0.15) is 0 Å². The van der Waals surface area contributed by atoms with Crippen molar-refractivity contribution in [1.29, 1.82) is 0 Å². The lowest BCUT2D eigenvalue weighted by atomic mass is 10.2. The molecule has 0 aliphatic rings. The summed E-state index contributed by atoms with van der Waals surface area (Å²) in [5.41, 5.74) is -0.0532. The predicted molar refractivity (Wildman–Crippen MR) is 126 cm³/mol. The Hall–Kier alpha value is -1.94. The zero-order chi connectivity index (χ0) is 21.4. The molecule has 4 nitrogen and oxygen atoms in total. The Morgan fingerprint density at radius 3 is 1.48 bits per heavy atom. The molecule has 0 aliphatic carbocycles. The molecular weight excluding hydrogens is 358 g/mol. The molecule has 2 aromatic rings. The normalized spacial score (nSPS) is 9.93. The van der Waals surface area contributed by atoms with Crippen molar-refractivity contribution in [1.82, 2.24) is 14.9 Å². The summed E-state index contributed by atoms with van der Waals surface area (Å²) < 4.78 is 0. The van der Waals surface area contributed by atoms with E-state index in [1.54, 1.807) is 30.7 Å². The number of H-pyrrole nitrogens is 1. The van der Waals surface area contributed by atoms with E-state index < -0.39 is 0 Å². The van der Waals surface area contributed by atoms with Crippen LogP contribution in [0.15, 0.2) is 59.8 Å². The van der Waals surface area contributed by atoms with Crippen LogP contribution in [-0.2, 0) is 0 Å². The average molecular weight is 402 g/mol. The molecule has 29 heavy (non-hydrogen) atoms. The standard InChI is InChI=1S/C15H33N.C5H5NO.C5H5N/c1-4-7-10-13-16(14-11-8-5-2)15-12-9-6-3;7-5-3-1-2-4-6-5;1-2-4-6-5-3-1/h4-15H2,1-3H3;1-4H,(H,6,7);1-5H. The van der Waals surface area contributed by atoms with E-state index in [0.29, 0.717) is 0 Å². The highest BCUT2D eigenvalue weighted by molar-refractivity contribution is 4.89. The van der Waals surface area contributed by atoms with Crippen LogP contribution >= 0.6 is 0 Å². The number of aromatic nitrogens is 2. The molecule has 0 amide bonds. The Bertz CT molecular complexity index is 518. The van der Waals surface area contributed by atoms with Crippen LogP contribution in [0.1, 0.15) is 78.6 Å². The molecule has 0 aliphatic heterocycles. The van der Waals surface area contributed by atoms with E-state index in [0.717, 1.165) is 0 Å². The van der Waals surface area contributed by atoms with Crippen molar-refractivity contribution in [2.24, 2.45) is 0 Å². The molecule has 2 rings (SSSR count). The second-order valence-corrected chi connectivity index (χ2v) is 7.21. The molecule has 0 saturated heterocycles. The van der Waals surface area contributed by atoms with Crippen LogP contribution in [0.25, 0.3) is 0 Å². The molecule has 0 fully saturated rings. The molecule has 0 atom stereocenters. The highest BCUT2D eigenvalue weighted by atomic mass is 16.1. The zero-order valence-electron chi connectivity index (χ0n) is 19.0. The Morgan fingerprint density at radius 2 is 1.24 bits per heavy atom. The number of nitrogens with zero attached hydrogens (tertiary/aromatic N) is 2. The van der Waals surface area contributed by atoms with Gasteiger partial charge in [-0.05, 0) is 57.1 Å². The lowest BCUT2D eigenvalue weighted by Crippen LogP contribution is -2.27. The van der Waals surface area contributed by atoms with Gasteiger partial charge in [-0.2, -0.15) is 0 Å². The average Bonchev–Trinajstić information content (AvgIpc) is 2.76.